The number of hydrogen-bond donors (Lipinski definition) is 0. The van der Waals surface area contributed by atoms with Crippen molar-refractivity contribution in [3.05, 3.63) is 77.4 Å². The van der Waals surface area contributed by atoms with Crippen LogP contribution in [-0.2, 0) is 11.2 Å². The van der Waals surface area contributed by atoms with Crippen LogP contribution in [-0.4, -0.2) is 31.3 Å². The number of Topliss-reactive ketones (excluding diaryl/α,β-unsaturated/α-hetero) is 1. The highest BCUT2D eigenvalue weighted by Crippen LogP contribution is 2.42. The van der Waals surface area contributed by atoms with Crippen LogP contribution in [0.5, 0.6) is 0 Å². The maximum Gasteiger partial charge on any atom is 0.166 e. The average Bonchev–Trinajstić information content (AvgIpc) is 2.86. The van der Waals surface area contributed by atoms with Crippen molar-refractivity contribution < 1.29 is 4.79 Å². The van der Waals surface area contributed by atoms with E-state index in [1.807, 2.05) is 24.3 Å². The van der Waals surface area contributed by atoms with Crippen LogP contribution < -0.4 is 0 Å². The molecule has 24 heavy (non-hydrogen) atoms. The summed E-state index contributed by atoms with van der Waals surface area (Å²) in [6, 6.07) is 20.5. The minimum Gasteiger partial charge on any atom is -0.308 e. The molecule has 2 aromatic rings. The Morgan fingerprint density at radius 1 is 1.00 bits per heavy atom. The van der Waals surface area contributed by atoms with Crippen molar-refractivity contribution in [3.8, 4) is 0 Å². The highest BCUT2D eigenvalue weighted by atomic mass is 16.1. The van der Waals surface area contributed by atoms with Crippen LogP contribution in [0.4, 0.5) is 0 Å². The van der Waals surface area contributed by atoms with Gasteiger partial charge in [0.05, 0.1) is 5.41 Å². The zero-order valence-corrected chi connectivity index (χ0v) is 14.5. The summed E-state index contributed by atoms with van der Waals surface area (Å²) >= 11 is 0. The molecule has 1 fully saturated rings. The molecule has 1 aliphatic rings. The summed E-state index contributed by atoms with van der Waals surface area (Å²) in [5, 5.41) is 0. The Kier molecular flexibility index (Phi) is 4.96. The third kappa shape index (κ3) is 3.65. The van der Waals surface area contributed by atoms with E-state index in [1.54, 1.807) is 0 Å². The molecule has 1 saturated carbocycles. The Morgan fingerprint density at radius 3 is 2.25 bits per heavy atom. The van der Waals surface area contributed by atoms with Crippen molar-refractivity contribution in [3.63, 3.8) is 0 Å². The van der Waals surface area contributed by atoms with Crippen molar-refractivity contribution in [2.45, 2.75) is 19.3 Å². The number of hydrogen-bond acceptors (Lipinski definition) is 2. The molecule has 0 N–H and O–H groups in total. The molecule has 0 aliphatic heterocycles. The molecular weight excluding hydrogens is 294 g/mol. The van der Waals surface area contributed by atoms with E-state index < -0.39 is 0 Å². The number of carbonyl (C=O) groups excluding carboxylic acids is 1. The molecule has 2 nitrogen and oxygen atoms in total. The highest BCUT2D eigenvalue weighted by Gasteiger charge is 2.44. The van der Waals surface area contributed by atoms with Gasteiger partial charge in [-0.15, -0.1) is 0 Å². The molecule has 1 aliphatic carbocycles. The number of carbonyl (C=O) groups is 1. The Balaban J connectivity index is 1.90. The van der Waals surface area contributed by atoms with E-state index in [-0.39, 0.29) is 5.41 Å². The normalized spacial score (nSPS) is 22.5. The van der Waals surface area contributed by atoms with Gasteiger partial charge in [-0.3, -0.25) is 4.79 Å². The molecule has 1 unspecified atom stereocenters. The molecule has 3 rings (SSSR count). The lowest BCUT2D eigenvalue weighted by Crippen LogP contribution is -2.39. The van der Waals surface area contributed by atoms with Gasteiger partial charge in [-0.1, -0.05) is 60.7 Å². The van der Waals surface area contributed by atoms with Crippen LogP contribution in [0.3, 0.4) is 0 Å². The largest absolute Gasteiger partial charge is 0.308 e. The fraction of sp³-hybridized carbons (Fsp3) is 0.318. The third-order valence-corrected chi connectivity index (χ3v) is 4.79. The van der Waals surface area contributed by atoms with Crippen LogP contribution in [0, 0.1) is 5.41 Å². The lowest BCUT2D eigenvalue weighted by molar-refractivity contribution is -0.123. The maximum atomic E-state index is 13.3. The van der Waals surface area contributed by atoms with Gasteiger partial charge in [-0.25, -0.2) is 0 Å². The Labute approximate surface area is 144 Å². The number of ketones is 1. The quantitative estimate of drug-likeness (QED) is 0.769. The number of rotatable bonds is 5. The summed E-state index contributed by atoms with van der Waals surface area (Å²) in [5.41, 5.74) is 3.03. The van der Waals surface area contributed by atoms with Gasteiger partial charge < -0.3 is 4.90 Å². The van der Waals surface area contributed by atoms with E-state index in [2.05, 4.69) is 61.5 Å². The van der Waals surface area contributed by atoms with Crippen LogP contribution in [0.25, 0.3) is 6.08 Å². The summed E-state index contributed by atoms with van der Waals surface area (Å²) in [6.07, 6.45) is 4.69. The molecule has 2 heteroatoms. The maximum absolute atomic E-state index is 13.3. The summed E-state index contributed by atoms with van der Waals surface area (Å²) < 4.78 is 0. The van der Waals surface area contributed by atoms with Crippen molar-refractivity contribution in [1.82, 2.24) is 4.90 Å². The summed E-state index contributed by atoms with van der Waals surface area (Å²) in [4.78, 5) is 15.4. The molecule has 0 saturated heterocycles. The van der Waals surface area contributed by atoms with Gasteiger partial charge in [0.1, 0.15) is 0 Å². The van der Waals surface area contributed by atoms with Crippen molar-refractivity contribution in [2.24, 2.45) is 5.41 Å². The van der Waals surface area contributed by atoms with Crippen LogP contribution in [0.2, 0.25) is 0 Å². The van der Waals surface area contributed by atoms with Crippen molar-refractivity contribution in [2.75, 3.05) is 20.6 Å². The first-order valence-corrected chi connectivity index (χ1v) is 8.58. The Morgan fingerprint density at radius 2 is 1.62 bits per heavy atom. The molecule has 0 bridgehead atoms. The summed E-state index contributed by atoms with van der Waals surface area (Å²) in [6.45, 7) is 0.798. The standard InChI is InChI=1S/C22H25NO/c1-23(2)17-22(16-19-11-7-4-8-12-19)14-13-20(21(22)24)15-18-9-5-3-6-10-18/h3-12,15H,13-14,16-17H2,1-2H3/b20-15+. The second-order valence-electron chi connectivity index (χ2n) is 7.09. The fourth-order valence-corrected chi connectivity index (χ4v) is 3.80. The molecule has 124 valence electrons. The predicted molar refractivity (Wildman–Crippen MR) is 99.8 cm³/mol. The summed E-state index contributed by atoms with van der Waals surface area (Å²) in [5.74, 6) is 0.323. The van der Waals surface area contributed by atoms with Gasteiger partial charge in [0, 0.05) is 6.54 Å². The minimum absolute atomic E-state index is 0.300. The fourth-order valence-electron chi connectivity index (χ4n) is 3.80. The second kappa shape index (κ2) is 7.14. The summed E-state index contributed by atoms with van der Waals surface area (Å²) in [7, 11) is 4.11. The van der Waals surface area contributed by atoms with E-state index in [1.165, 1.54) is 5.56 Å². The molecule has 2 aromatic carbocycles. The van der Waals surface area contributed by atoms with Gasteiger partial charge in [-0.2, -0.15) is 0 Å². The monoisotopic (exact) mass is 319 g/mol. The third-order valence-electron chi connectivity index (χ3n) is 4.79. The van der Waals surface area contributed by atoms with Gasteiger partial charge in [-0.05, 0) is 56.1 Å². The van der Waals surface area contributed by atoms with Gasteiger partial charge >= 0.3 is 0 Å². The first-order chi connectivity index (χ1) is 11.6. The molecular formula is C22H25NO. The number of nitrogens with zero attached hydrogens (tertiary/aromatic N) is 1. The molecule has 0 spiro atoms. The lowest BCUT2D eigenvalue weighted by Gasteiger charge is -2.30. The van der Waals surface area contributed by atoms with Crippen LogP contribution >= 0.6 is 0 Å². The zero-order chi connectivity index (χ0) is 17.0. The first-order valence-electron chi connectivity index (χ1n) is 8.58. The van der Waals surface area contributed by atoms with Crippen LogP contribution in [0.1, 0.15) is 24.0 Å². The SMILES string of the molecule is CN(C)CC1(Cc2ccccc2)CC/C(=C\c2ccccc2)C1=O. The van der Waals surface area contributed by atoms with E-state index in [0.29, 0.717) is 5.78 Å². The second-order valence-corrected chi connectivity index (χ2v) is 7.09. The number of allylic oxidation sites excluding steroid dienone is 1. The highest BCUT2D eigenvalue weighted by molar-refractivity contribution is 6.05. The van der Waals surface area contributed by atoms with Gasteiger partial charge in [0.15, 0.2) is 5.78 Å². The van der Waals surface area contributed by atoms with E-state index in [4.69, 9.17) is 0 Å². The lowest BCUT2D eigenvalue weighted by atomic mass is 9.78. The molecule has 0 heterocycles. The van der Waals surface area contributed by atoms with Gasteiger partial charge in [0.2, 0.25) is 0 Å². The van der Waals surface area contributed by atoms with E-state index in [0.717, 1.165) is 36.9 Å². The zero-order valence-electron chi connectivity index (χ0n) is 14.5. The minimum atomic E-state index is -0.300. The van der Waals surface area contributed by atoms with Crippen LogP contribution in [0.15, 0.2) is 66.2 Å². The average molecular weight is 319 g/mol. The molecule has 0 amide bonds. The smallest absolute Gasteiger partial charge is 0.166 e. The van der Waals surface area contributed by atoms with Gasteiger partial charge in [0.25, 0.3) is 0 Å². The predicted octanol–water partition coefficient (Wildman–Crippen LogP) is 4.22. The Bertz CT molecular complexity index is 718. The van der Waals surface area contributed by atoms with Crippen molar-refractivity contribution in [1.29, 1.82) is 0 Å². The molecule has 0 aromatic heterocycles. The molecule has 0 radical (unpaired) electrons. The Hall–Kier alpha value is -2.19. The van der Waals surface area contributed by atoms with Crippen molar-refractivity contribution >= 4 is 11.9 Å². The first kappa shape index (κ1) is 16.7. The molecule has 1 atom stereocenters. The number of benzene rings is 2. The van der Waals surface area contributed by atoms with E-state index >= 15 is 0 Å². The topological polar surface area (TPSA) is 20.3 Å². The van der Waals surface area contributed by atoms with E-state index in [9.17, 15) is 4.79 Å².